The molecule has 0 aromatic carbocycles. The molecule has 0 bridgehead atoms. The van der Waals surface area contributed by atoms with E-state index in [0.717, 1.165) is 43.7 Å². The van der Waals surface area contributed by atoms with Gasteiger partial charge in [-0.05, 0) is 37.8 Å². The van der Waals surface area contributed by atoms with Crippen LogP contribution in [0.25, 0.3) is 0 Å². The number of aliphatic hydroxyl groups is 1. The van der Waals surface area contributed by atoms with Gasteiger partial charge in [0, 0.05) is 12.6 Å². The van der Waals surface area contributed by atoms with Crippen LogP contribution in [-0.4, -0.2) is 28.3 Å². The summed E-state index contributed by atoms with van der Waals surface area (Å²) in [5.74, 6) is 0.749. The molecule has 0 atom stereocenters. The maximum atomic E-state index is 10.4. The van der Waals surface area contributed by atoms with Crippen LogP contribution in [0.3, 0.4) is 0 Å². The van der Waals surface area contributed by atoms with Crippen LogP contribution < -0.4 is 10.1 Å². The third-order valence-electron chi connectivity index (χ3n) is 4.24. The third kappa shape index (κ3) is 3.93. The molecule has 3 rings (SSSR count). The predicted molar refractivity (Wildman–Crippen MR) is 77.6 cm³/mol. The second-order valence-corrected chi connectivity index (χ2v) is 6.21. The Morgan fingerprint density at radius 2 is 2.05 bits per heavy atom. The number of nitrogens with zero attached hydrogens (tertiary/aromatic N) is 1. The first-order valence-corrected chi connectivity index (χ1v) is 7.77. The molecule has 1 aromatic heterocycles. The van der Waals surface area contributed by atoms with Crippen molar-refractivity contribution in [3.63, 3.8) is 0 Å². The monoisotopic (exact) mass is 276 g/mol. The maximum absolute atomic E-state index is 10.4. The van der Waals surface area contributed by atoms with Crippen molar-refractivity contribution in [3.05, 3.63) is 24.0 Å². The molecule has 2 N–H and O–H groups in total. The summed E-state index contributed by atoms with van der Waals surface area (Å²) in [7, 11) is 0. The molecular weight excluding hydrogens is 252 g/mol. The number of pyridine rings is 1. The number of nitrogens with one attached hydrogen (secondary N) is 1. The van der Waals surface area contributed by atoms with Crippen LogP contribution >= 0.6 is 0 Å². The van der Waals surface area contributed by atoms with E-state index >= 15 is 0 Å². The zero-order valence-electron chi connectivity index (χ0n) is 12.0. The fraction of sp³-hybridized carbons (Fsp3) is 0.688. The standard InChI is InChI=1S/C16H24N2O2/c19-16(8-2-1-3-9-16)12-20-15-7-6-14(18-11-15)10-17-13-4-5-13/h6-7,11,13,17,19H,1-5,8-10,12H2. The van der Waals surface area contributed by atoms with Gasteiger partial charge in [0.2, 0.25) is 0 Å². The fourth-order valence-electron chi connectivity index (χ4n) is 2.71. The zero-order valence-corrected chi connectivity index (χ0v) is 12.0. The van der Waals surface area contributed by atoms with E-state index in [4.69, 9.17) is 4.74 Å². The highest BCUT2D eigenvalue weighted by atomic mass is 16.5. The van der Waals surface area contributed by atoms with Crippen molar-refractivity contribution in [1.82, 2.24) is 10.3 Å². The first kappa shape index (κ1) is 13.8. The van der Waals surface area contributed by atoms with Crippen LogP contribution in [-0.2, 0) is 6.54 Å². The van der Waals surface area contributed by atoms with E-state index in [1.807, 2.05) is 12.1 Å². The molecule has 1 aromatic rings. The molecule has 0 saturated heterocycles. The van der Waals surface area contributed by atoms with Gasteiger partial charge in [0.05, 0.1) is 17.5 Å². The third-order valence-corrected chi connectivity index (χ3v) is 4.24. The van der Waals surface area contributed by atoms with Gasteiger partial charge in [-0.15, -0.1) is 0 Å². The lowest BCUT2D eigenvalue weighted by Gasteiger charge is -2.31. The zero-order chi connectivity index (χ0) is 13.8. The van der Waals surface area contributed by atoms with E-state index in [1.54, 1.807) is 6.20 Å². The Labute approximate surface area is 120 Å². The maximum Gasteiger partial charge on any atom is 0.137 e. The van der Waals surface area contributed by atoms with Gasteiger partial charge in [0.1, 0.15) is 12.4 Å². The quantitative estimate of drug-likeness (QED) is 0.838. The summed E-state index contributed by atoms with van der Waals surface area (Å²) in [5.41, 5.74) is 0.408. The van der Waals surface area contributed by atoms with Crippen molar-refractivity contribution in [2.24, 2.45) is 0 Å². The van der Waals surface area contributed by atoms with Crippen LogP contribution in [0.2, 0.25) is 0 Å². The molecule has 0 radical (unpaired) electrons. The van der Waals surface area contributed by atoms with Crippen molar-refractivity contribution in [2.75, 3.05) is 6.61 Å². The Hall–Kier alpha value is -1.13. The highest BCUT2D eigenvalue weighted by Crippen LogP contribution is 2.28. The summed E-state index contributed by atoms with van der Waals surface area (Å²) < 4.78 is 5.71. The summed E-state index contributed by atoms with van der Waals surface area (Å²) in [6.07, 6.45) is 9.48. The molecule has 1 heterocycles. The highest BCUT2D eigenvalue weighted by molar-refractivity contribution is 5.20. The number of aromatic nitrogens is 1. The molecule has 4 heteroatoms. The highest BCUT2D eigenvalue weighted by Gasteiger charge is 2.30. The minimum atomic E-state index is -0.634. The van der Waals surface area contributed by atoms with E-state index in [1.165, 1.54) is 19.3 Å². The lowest BCUT2D eigenvalue weighted by molar-refractivity contribution is -0.0339. The molecule has 20 heavy (non-hydrogen) atoms. The molecule has 110 valence electrons. The fourth-order valence-corrected chi connectivity index (χ4v) is 2.71. The van der Waals surface area contributed by atoms with Crippen molar-refractivity contribution in [2.45, 2.75) is 63.1 Å². The average molecular weight is 276 g/mol. The Balaban J connectivity index is 1.47. The predicted octanol–water partition coefficient (Wildman–Crippen LogP) is 2.41. The molecular formula is C16H24N2O2. The van der Waals surface area contributed by atoms with Crippen LogP contribution in [0.15, 0.2) is 18.3 Å². The number of hydrogen-bond donors (Lipinski definition) is 2. The van der Waals surface area contributed by atoms with Gasteiger partial charge in [-0.25, -0.2) is 0 Å². The van der Waals surface area contributed by atoms with Crippen molar-refractivity contribution in [1.29, 1.82) is 0 Å². The van der Waals surface area contributed by atoms with Crippen LogP contribution in [0.5, 0.6) is 5.75 Å². The molecule has 2 aliphatic rings. The number of hydrogen-bond acceptors (Lipinski definition) is 4. The van der Waals surface area contributed by atoms with Crippen LogP contribution in [0.4, 0.5) is 0 Å². The molecule has 0 amide bonds. The van der Waals surface area contributed by atoms with E-state index in [-0.39, 0.29) is 0 Å². The van der Waals surface area contributed by atoms with Gasteiger partial charge < -0.3 is 15.2 Å². The summed E-state index contributed by atoms with van der Waals surface area (Å²) in [6.45, 7) is 1.21. The van der Waals surface area contributed by atoms with E-state index < -0.39 is 5.60 Å². The minimum absolute atomic E-state index is 0.383. The lowest BCUT2D eigenvalue weighted by atomic mass is 9.86. The minimum Gasteiger partial charge on any atom is -0.489 e. The normalized spacial score (nSPS) is 21.6. The van der Waals surface area contributed by atoms with Gasteiger partial charge >= 0.3 is 0 Å². The first-order valence-electron chi connectivity index (χ1n) is 7.77. The molecule has 2 aliphatic carbocycles. The van der Waals surface area contributed by atoms with E-state index in [9.17, 15) is 5.11 Å². The van der Waals surface area contributed by atoms with Gasteiger partial charge in [-0.3, -0.25) is 4.98 Å². The number of ether oxygens (including phenoxy) is 1. The molecule has 0 spiro atoms. The molecule has 2 fully saturated rings. The topological polar surface area (TPSA) is 54.4 Å². The molecule has 0 unspecified atom stereocenters. The van der Waals surface area contributed by atoms with Gasteiger partial charge in [-0.2, -0.15) is 0 Å². The Kier molecular flexibility index (Phi) is 4.22. The Morgan fingerprint density at radius 3 is 2.70 bits per heavy atom. The largest absolute Gasteiger partial charge is 0.489 e. The van der Waals surface area contributed by atoms with E-state index in [0.29, 0.717) is 12.6 Å². The summed E-state index contributed by atoms with van der Waals surface area (Å²) >= 11 is 0. The molecule has 0 aliphatic heterocycles. The molecule has 4 nitrogen and oxygen atoms in total. The second kappa shape index (κ2) is 6.10. The Bertz CT molecular complexity index is 423. The van der Waals surface area contributed by atoms with Crippen molar-refractivity contribution >= 4 is 0 Å². The summed E-state index contributed by atoms with van der Waals surface area (Å²) in [4.78, 5) is 4.40. The lowest BCUT2D eigenvalue weighted by Crippen LogP contribution is -2.37. The molecule has 2 saturated carbocycles. The SMILES string of the molecule is OC1(COc2ccc(CNC3CC3)nc2)CCCCC1. The summed E-state index contributed by atoms with van der Waals surface area (Å²) in [5, 5.41) is 13.8. The smallest absolute Gasteiger partial charge is 0.137 e. The van der Waals surface area contributed by atoms with Crippen LogP contribution in [0, 0.1) is 0 Å². The van der Waals surface area contributed by atoms with Gasteiger partial charge in [-0.1, -0.05) is 19.3 Å². The first-order chi connectivity index (χ1) is 9.73. The van der Waals surface area contributed by atoms with Crippen molar-refractivity contribution in [3.8, 4) is 5.75 Å². The van der Waals surface area contributed by atoms with Gasteiger partial charge in [0.25, 0.3) is 0 Å². The second-order valence-electron chi connectivity index (χ2n) is 6.21. The van der Waals surface area contributed by atoms with Gasteiger partial charge in [0.15, 0.2) is 0 Å². The average Bonchev–Trinajstić information content (AvgIpc) is 3.29. The van der Waals surface area contributed by atoms with Crippen LogP contribution in [0.1, 0.15) is 50.6 Å². The number of rotatable bonds is 6. The summed E-state index contributed by atoms with van der Waals surface area (Å²) in [6, 6.07) is 4.65. The van der Waals surface area contributed by atoms with Crippen molar-refractivity contribution < 1.29 is 9.84 Å². The van der Waals surface area contributed by atoms with E-state index in [2.05, 4.69) is 10.3 Å². The Morgan fingerprint density at radius 1 is 1.25 bits per heavy atom.